The molecule has 2 aromatic rings. The van der Waals surface area contributed by atoms with Crippen LogP contribution in [0.5, 0.6) is 0 Å². The molecule has 0 aliphatic rings. The Labute approximate surface area is 106 Å². The van der Waals surface area contributed by atoms with Crippen LogP contribution in [0.1, 0.15) is 0 Å². The monoisotopic (exact) mass is 293 g/mol. The number of nitrogens with one attached hydrogen (secondary N) is 1. The Morgan fingerprint density at radius 3 is 2.59 bits per heavy atom. The van der Waals surface area contributed by atoms with E-state index >= 15 is 0 Å². The third kappa shape index (κ3) is 2.79. The van der Waals surface area contributed by atoms with Crippen LogP contribution in [0, 0.1) is 10.1 Å². The van der Waals surface area contributed by atoms with E-state index in [1.807, 2.05) is 0 Å². The van der Waals surface area contributed by atoms with Gasteiger partial charge in [0.1, 0.15) is 5.69 Å². The average Bonchev–Trinajstić information content (AvgIpc) is 2.30. The second-order valence-electron chi connectivity index (χ2n) is 3.28. The predicted molar refractivity (Wildman–Crippen MR) is 68.3 cm³/mol. The van der Waals surface area contributed by atoms with E-state index in [1.165, 1.54) is 6.07 Å². The fraction of sp³-hybridized carbons (Fsp3) is 0. The van der Waals surface area contributed by atoms with Gasteiger partial charge in [-0.15, -0.1) is 0 Å². The molecule has 0 amide bonds. The van der Waals surface area contributed by atoms with Gasteiger partial charge in [-0.05, 0) is 24.3 Å². The quantitative estimate of drug-likeness (QED) is 0.695. The first-order valence-corrected chi connectivity index (χ1v) is 5.57. The van der Waals surface area contributed by atoms with Crippen molar-refractivity contribution >= 4 is 33.0 Å². The topological polar surface area (TPSA) is 68.1 Å². The van der Waals surface area contributed by atoms with Crippen molar-refractivity contribution in [2.45, 2.75) is 0 Å². The minimum absolute atomic E-state index is 0.0324. The number of anilines is 2. The number of nitro benzene ring substituents is 1. The molecular weight excluding hydrogens is 286 g/mol. The van der Waals surface area contributed by atoms with E-state index in [4.69, 9.17) is 0 Å². The van der Waals surface area contributed by atoms with Crippen molar-refractivity contribution in [3.63, 3.8) is 0 Å². The standard InChI is InChI=1S/C11H8BrN3O2/c12-8-1-2-11(15(16)17)10(7-8)14-9-3-5-13-6-4-9/h1-7H,(H,13,14). The predicted octanol–water partition coefficient (Wildman–Crippen LogP) is 3.50. The van der Waals surface area contributed by atoms with Gasteiger partial charge in [-0.1, -0.05) is 15.9 Å². The molecule has 0 radical (unpaired) electrons. The number of pyridine rings is 1. The summed E-state index contributed by atoms with van der Waals surface area (Å²) in [5, 5.41) is 13.8. The number of nitrogens with zero attached hydrogens (tertiary/aromatic N) is 2. The number of hydrogen-bond donors (Lipinski definition) is 1. The normalized spacial score (nSPS) is 9.94. The minimum atomic E-state index is -0.421. The van der Waals surface area contributed by atoms with Crippen LogP contribution in [0.3, 0.4) is 0 Å². The second kappa shape index (κ2) is 4.92. The highest BCUT2D eigenvalue weighted by Crippen LogP contribution is 2.30. The fourth-order valence-corrected chi connectivity index (χ4v) is 1.72. The lowest BCUT2D eigenvalue weighted by atomic mass is 10.2. The highest BCUT2D eigenvalue weighted by Gasteiger charge is 2.13. The molecular formula is C11H8BrN3O2. The van der Waals surface area contributed by atoms with E-state index in [0.29, 0.717) is 5.69 Å². The smallest absolute Gasteiger partial charge is 0.292 e. The Kier molecular flexibility index (Phi) is 3.34. The molecule has 0 aliphatic heterocycles. The molecule has 0 spiro atoms. The highest BCUT2D eigenvalue weighted by molar-refractivity contribution is 9.10. The van der Waals surface area contributed by atoms with Crippen LogP contribution >= 0.6 is 15.9 Å². The van der Waals surface area contributed by atoms with E-state index in [2.05, 4.69) is 26.2 Å². The molecule has 86 valence electrons. The summed E-state index contributed by atoms with van der Waals surface area (Å²) in [5.41, 5.74) is 1.22. The van der Waals surface area contributed by atoms with Crippen molar-refractivity contribution in [1.29, 1.82) is 0 Å². The van der Waals surface area contributed by atoms with Gasteiger partial charge in [0.25, 0.3) is 5.69 Å². The summed E-state index contributed by atoms with van der Waals surface area (Å²) in [4.78, 5) is 14.3. The Morgan fingerprint density at radius 2 is 1.94 bits per heavy atom. The van der Waals surface area contributed by atoms with E-state index < -0.39 is 4.92 Å². The third-order valence-electron chi connectivity index (χ3n) is 2.11. The third-order valence-corrected chi connectivity index (χ3v) is 2.61. The summed E-state index contributed by atoms with van der Waals surface area (Å²) in [7, 11) is 0. The van der Waals surface area contributed by atoms with Gasteiger partial charge < -0.3 is 5.32 Å². The van der Waals surface area contributed by atoms with Crippen LogP contribution in [0.2, 0.25) is 0 Å². The summed E-state index contributed by atoms with van der Waals surface area (Å²) in [5.74, 6) is 0. The van der Waals surface area contributed by atoms with Crippen molar-refractivity contribution in [2.75, 3.05) is 5.32 Å². The van der Waals surface area contributed by atoms with E-state index in [1.54, 1.807) is 36.7 Å². The summed E-state index contributed by atoms with van der Waals surface area (Å²) in [6, 6.07) is 8.23. The van der Waals surface area contributed by atoms with Gasteiger partial charge in [0.2, 0.25) is 0 Å². The van der Waals surface area contributed by atoms with Crippen LogP contribution in [0.15, 0.2) is 47.2 Å². The van der Waals surface area contributed by atoms with Crippen LogP contribution < -0.4 is 5.32 Å². The lowest BCUT2D eigenvalue weighted by Crippen LogP contribution is -1.96. The van der Waals surface area contributed by atoms with Gasteiger partial charge in [0, 0.05) is 28.6 Å². The van der Waals surface area contributed by atoms with Gasteiger partial charge in [-0.25, -0.2) is 0 Å². The van der Waals surface area contributed by atoms with Crippen LogP contribution in [0.25, 0.3) is 0 Å². The Bertz CT molecular complexity index is 546. The lowest BCUT2D eigenvalue weighted by Gasteiger charge is -2.06. The summed E-state index contributed by atoms with van der Waals surface area (Å²) >= 11 is 3.28. The maximum atomic E-state index is 10.9. The molecule has 0 fully saturated rings. The molecule has 1 heterocycles. The molecule has 1 aromatic heterocycles. The Hall–Kier alpha value is -1.95. The molecule has 0 bridgehead atoms. The molecule has 0 saturated carbocycles. The summed E-state index contributed by atoms with van der Waals surface area (Å²) in [6.45, 7) is 0. The van der Waals surface area contributed by atoms with Gasteiger partial charge in [0.05, 0.1) is 4.92 Å². The number of aromatic nitrogens is 1. The first kappa shape index (κ1) is 11.5. The van der Waals surface area contributed by atoms with Crippen LogP contribution in [0.4, 0.5) is 17.1 Å². The average molecular weight is 294 g/mol. The molecule has 2 rings (SSSR count). The maximum Gasteiger partial charge on any atom is 0.292 e. The lowest BCUT2D eigenvalue weighted by molar-refractivity contribution is -0.383. The van der Waals surface area contributed by atoms with Crippen molar-refractivity contribution in [1.82, 2.24) is 4.98 Å². The molecule has 1 N–H and O–H groups in total. The van der Waals surface area contributed by atoms with Crippen LogP contribution in [-0.4, -0.2) is 9.91 Å². The van der Waals surface area contributed by atoms with E-state index in [9.17, 15) is 10.1 Å². The number of hydrogen-bond acceptors (Lipinski definition) is 4. The molecule has 6 heteroatoms. The second-order valence-corrected chi connectivity index (χ2v) is 4.20. The summed E-state index contributed by atoms with van der Waals surface area (Å²) in [6.07, 6.45) is 3.23. The summed E-state index contributed by atoms with van der Waals surface area (Å²) < 4.78 is 0.777. The zero-order valence-electron chi connectivity index (χ0n) is 8.63. The van der Waals surface area contributed by atoms with Gasteiger partial charge in [-0.3, -0.25) is 15.1 Å². The molecule has 0 aliphatic carbocycles. The molecule has 0 atom stereocenters. The number of benzene rings is 1. The Morgan fingerprint density at radius 1 is 1.24 bits per heavy atom. The highest BCUT2D eigenvalue weighted by atomic mass is 79.9. The molecule has 17 heavy (non-hydrogen) atoms. The number of nitro groups is 1. The minimum Gasteiger partial charge on any atom is -0.350 e. The largest absolute Gasteiger partial charge is 0.350 e. The van der Waals surface area contributed by atoms with Crippen LogP contribution in [-0.2, 0) is 0 Å². The van der Waals surface area contributed by atoms with Gasteiger partial charge >= 0.3 is 0 Å². The van der Waals surface area contributed by atoms with Gasteiger partial charge in [-0.2, -0.15) is 0 Å². The fourth-order valence-electron chi connectivity index (χ4n) is 1.36. The Balaban J connectivity index is 2.37. The molecule has 0 unspecified atom stereocenters. The van der Waals surface area contributed by atoms with Crippen molar-refractivity contribution in [2.24, 2.45) is 0 Å². The van der Waals surface area contributed by atoms with Gasteiger partial charge in [0.15, 0.2) is 0 Å². The zero-order valence-corrected chi connectivity index (χ0v) is 10.2. The van der Waals surface area contributed by atoms with Crippen molar-refractivity contribution < 1.29 is 4.92 Å². The SMILES string of the molecule is O=[N+]([O-])c1ccc(Br)cc1Nc1ccncc1. The zero-order chi connectivity index (χ0) is 12.3. The molecule has 1 aromatic carbocycles. The molecule has 5 nitrogen and oxygen atoms in total. The maximum absolute atomic E-state index is 10.9. The first-order valence-electron chi connectivity index (χ1n) is 4.78. The first-order chi connectivity index (χ1) is 8.16. The number of halogens is 1. The van der Waals surface area contributed by atoms with Crippen molar-refractivity contribution in [3.8, 4) is 0 Å². The van der Waals surface area contributed by atoms with E-state index in [-0.39, 0.29) is 5.69 Å². The van der Waals surface area contributed by atoms with Crippen molar-refractivity contribution in [3.05, 3.63) is 57.3 Å². The number of rotatable bonds is 3. The molecule has 0 saturated heterocycles. The van der Waals surface area contributed by atoms with E-state index in [0.717, 1.165) is 10.2 Å².